The fraction of sp³-hybridized carbons (Fsp3) is 0.222. The second kappa shape index (κ2) is 6.39. The number of alkyl carbamates (subject to hydrolysis) is 1. The molecule has 1 aromatic rings. The number of amides is 1. The Morgan fingerprint density at radius 2 is 2.44 bits per heavy atom. The van der Waals surface area contributed by atoms with Crippen molar-refractivity contribution in [2.45, 2.75) is 6.92 Å². The summed E-state index contributed by atoms with van der Waals surface area (Å²) in [6.45, 7) is 2.01. The van der Waals surface area contributed by atoms with Gasteiger partial charge in [0.05, 0.1) is 11.1 Å². The Kier molecular flexibility index (Phi) is 5.13. The number of nitrogens with zero attached hydrogens (tertiary/aromatic N) is 1. The molecule has 0 aliphatic heterocycles. The largest absolute Gasteiger partial charge is 0.450 e. The minimum absolute atomic E-state index is 0.137. The first-order valence-electron chi connectivity index (χ1n) is 4.48. The molecule has 1 heterocycles. The van der Waals surface area contributed by atoms with Crippen molar-refractivity contribution in [2.24, 2.45) is 0 Å². The van der Waals surface area contributed by atoms with E-state index in [4.69, 9.17) is 12.2 Å². The average Bonchev–Trinajstić information content (AvgIpc) is 2.21. The van der Waals surface area contributed by atoms with Gasteiger partial charge in [0.15, 0.2) is 5.11 Å². The van der Waals surface area contributed by atoms with Crippen molar-refractivity contribution in [1.82, 2.24) is 10.3 Å². The molecule has 0 saturated heterocycles. The van der Waals surface area contributed by atoms with Crippen LogP contribution in [0.2, 0.25) is 0 Å². The molecule has 0 spiro atoms. The Hall–Kier alpha value is -1.21. The third kappa shape index (κ3) is 4.11. The molecule has 0 atom stereocenters. The van der Waals surface area contributed by atoms with E-state index in [1.54, 1.807) is 19.2 Å². The smallest absolute Gasteiger partial charge is 0.413 e. The third-order valence-corrected chi connectivity index (χ3v) is 2.33. The quantitative estimate of drug-likeness (QED) is 0.821. The van der Waals surface area contributed by atoms with Crippen LogP contribution in [-0.2, 0) is 4.74 Å². The van der Waals surface area contributed by atoms with Gasteiger partial charge in [0.2, 0.25) is 0 Å². The molecule has 5 nitrogen and oxygen atoms in total. The molecule has 2 N–H and O–H groups in total. The SMILES string of the molecule is CCOC(=O)NC(=S)Nc1ncccc1Br. The second-order valence-corrected chi connectivity index (χ2v) is 3.90. The number of aromatic nitrogens is 1. The fourth-order valence-electron chi connectivity index (χ4n) is 0.876. The van der Waals surface area contributed by atoms with Crippen LogP contribution >= 0.6 is 28.1 Å². The lowest BCUT2D eigenvalue weighted by Gasteiger charge is -2.09. The monoisotopic (exact) mass is 303 g/mol. The Morgan fingerprint density at radius 1 is 1.69 bits per heavy atom. The van der Waals surface area contributed by atoms with Crippen molar-refractivity contribution in [3.8, 4) is 0 Å². The van der Waals surface area contributed by atoms with Crippen LogP contribution in [0.4, 0.5) is 10.6 Å². The summed E-state index contributed by atoms with van der Waals surface area (Å²) in [6.07, 6.45) is 1.02. The van der Waals surface area contributed by atoms with Crippen molar-refractivity contribution in [3.05, 3.63) is 22.8 Å². The number of pyridine rings is 1. The summed E-state index contributed by atoms with van der Waals surface area (Å²) in [5.74, 6) is 0.532. The highest BCUT2D eigenvalue weighted by atomic mass is 79.9. The number of anilines is 1. The maximum absolute atomic E-state index is 11.0. The molecule has 0 unspecified atom stereocenters. The molecule has 0 saturated carbocycles. The zero-order chi connectivity index (χ0) is 12.0. The average molecular weight is 304 g/mol. The molecule has 86 valence electrons. The van der Waals surface area contributed by atoms with Gasteiger partial charge in [-0.15, -0.1) is 0 Å². The van der Waals surface area contributed by atoms with Gasteiger partial charge >= 0.3 is 6.09 Å². The number of rotatable bonds is 2. The van der Waals surface area contributed by atoms with Crippen LogP contribution in [0.15, 0.2) is 22.8 Å². The van der Waals surface area contributed by atoms with Gasteiger partial charge < -0.3 is 10.1 Å². The summed E-state index contributed by atoms with van der Waals surface area (Å²) in [6, 6.07) is 3.58. The standard InChI is InChI=1S/C9H10BrN3O2S/c1-2-15-9(14)13-8(16)12-7-6(10)4-3-5-11-7/h3-5H,2H2,1H3,(H2,11,12,13,14,16). The predicted molar refractivity (Wildman–Crippen MR) is 68.3 cm³/mol. The van der Waals surface area contributed by atoms with Crippen molar-refractivity contribution in [2.75, 3.05) is 11.9 Å². The number of hydrogen-bond donors (Lipinski definition) is 2. The highest BCUT2D eigenvalue weighted by molar-refractivity contribution is 9.10. The topological polar surface area (TPSA) is 63.2 Å². The number of nitrogens with one attached hydrogen (secondary N) is 2. The molecule has 1 amide bonds. The first-order valence-corrected chi connectivity index (χ1v) is 5.69. The lowest BCUT2D eigenvalue weighted by atomic mass is 10.5. The summed E-state index contributed by atoms with van der Waals surface area (Å²) in [5, 5.41) is 5.25. The summed E-state index contributed by atoms with van der Waals surface area (Å²) >= 11 is 8.20. The number of halogens is 1. The summed E-state index contributed by atoms with van der Waals surface area (Å²) in [5.41, 5.74) is 0. The van der Waals surface area contributed by atoms with Gasteiger partial charge in [-0.3, -0.25) is 5.32 Å². The van der Waals surface area contributed by atoms with E-state index in [2.05, 4.69) is 36.3 Å². The minimum Gasteiger partial charge on any atom is -0.450 e. The molecule has 0 aromatic carbocycles. The highest BCUT2D eigenvalue weighted by Crippen LogP contribution is 2.17. The first-order chi connectivity index (χ1) is 7.63. The highest BCUT2D eigenvalue weighted by Gasteiger charge is 2.06. The van der Waals surface area contributed by atoms with Gasteiger partial charge in [0.1, 0.15) is 5.82 Å². The first kappa shape index (κ1) is 12.9. The van der Waals surface area contributed by atoms with Crippen LogP contribution in [-0.4, -0.2) is 22.8 Å². The van der Waals surface area contributed by atoms with Gasteiger partial charge in [-0.25, -0.2) is 9.78 Å². The Labute approximate surface area is 107 Å². The lowest BCUT2D eigenvalue weighted by Crippen LogP contribution is -2.34. The zero-order valence-corrected chi connectivity index (χ0v) is 10.9. The number of thiocarbonyl (C=S) groups is 1. The maximum atomic E-state index is 11.0. The third-order valence-electron chi connectivity index (χ3n) is 1.48. The summed E-state index contributed by atoms with van der Waals surface area (Å²) < 4.78 is 5.42. The van der Waals surface area contributed by atoms with Gasteiger partial charge in [-0.1, -0.05) is 0 Å². The molecule has 16 heavy (non-hydrogen) atoms. The van der Waals surface area contributed by atoms with Crippen LogP contribution in [0.5, 0.6) is 0 Å². The lowest BCUT2D eigenvalue weighted by molar-refractivity contribution is 0.158. The summed E-state index contributed by atoms with van der Waals surface area (Å²) in [7, 11) is 0. The Balaban J connectivity index is 2.52. The molecule has 0 radical (unpaired) electrons. The second-order valence-electron chi connectivity index (χ2n) is 2.63. The van der Waals surface area contributed by atoms with Crippen molar-refractivity contribution < 1.29 is 9.53 Å². The van der Waals surface area contributed by atoms with E-state index in [9.17, 15) is 4.79 Å². The Bertz CT molecular complexity index is 400. The molecule has 0 bridgehead atoms. The van der Waals surface area contributed by atoms with E-state index in [-0.39, 0.29) is 5.11 Å². The molecule has 7 heteroatoms. The predicted octanol–water partition coefficient (Wildman–Crippen LogP) is 2.29. The van der Waals surface area contributed by atoms with Gasteiger partial charge in [0.25, 0.3) is 0 Å². The van der Waals surface area contributed by atoms with Crippen LogP contribution in [0, 0.1) is 0 Å². The Morgan fingerprint density at radius 3 is 3.06 bits per heavy atom. The zero-order valence-electron chi connectivity index (χ0n) is 8.49. The fourth-order valence-corrected chi connectivity index (χ4v) is 1.41. The number of carbonyl (C=O) groups is 1. The van der Waals surface area contributed by atoms with Crippen LogP contribution in [0.25, 0.3) is 0 Å². The van der Waals surface area contributed by atoms with E-state index in [0.717, 1.165) is 4.47 Å². The molecule has 0 aliphatic rings. The van der Waals surface area contributed by atoms with Gasteiger partial charge in [0, 0.05) is 6.20 Å². The molecular formula is C9H10BrN3O2S. The molecule has 1 rings (SSSR count). The number of carbonyl (C=O) groups excluding carboxylic acids is 1. The van der Waals surface area contributed by atoms with Crippen molar-refractivity contribution >= 4 is 45.2 Å². The van der Waals surface area contributed by atoms with E-state index >= 15 is 0 Å². The van der Waals surface area contributed by atoms with Crippen molar-refractivity contribution in [1.29, 1.82) is 0 Å². The van der Waals surface area contributed by atoms with Gasteiger partial charge in [-0.2, -0.15) is 0 Å². The van der Waals surface area contributed by atoms with E-state index in [1.807, 2.05) is 6.07 Å². The van der Waals surface area contributed by atoms with Crippen LogP contribution < -0.4 is 10.6 Å². The van der Waals surface area contributed by atoms with Crippen LogP contribution in [0.3, 0.4) is 0 Å². The van der Waals surface area contributed by atoms with E-state index < -0.39 is 6.09 Å². The number of hydrogen-bond acceptors (Lipinski definition) is 4. The molecule has 0 aliphatic carbocycles. The summed E-state index contributed by atoms with van der Waals surface area (Å²) in [4.78, 5) is 15.1. The molecule has 1 aromatic heterocycles. The number of ether oxygens (including phenoxy) is 1. The van der Waals surface area contributed by atoms with Crippen molar-refractivity contribution in [3.63, 3.8) is 0 Å². The van der Waals surface area contributed by atoms with Crippen LogP contribution in [0.1, 0.15) is 6.92 Å². The van der Waals surface area contributed by atoms with E-state index in [1.165, 1.54) is 0 Å². The van der Waals surface area contributed by atoms with Gasteiger partial charge in [-0.05, 0) is 47.2 Å². The minimum atomic E-state index is -0.591. The normalized spacial score (nSPS) is 9.38. The van der Waals surface area contributed by atoms with E-state index in [0.29, 0.717) is 12.4 Å². The maximum Gasteiger partial charge on any atom is 0.413 e. The molecule has 0 fully saturated rings. The molecular weight excluding hydrogens is 294 g/mol.